The number of thiol groups is 1. The average Bonchev–Trinajstić information content (AvgIpc) is 2.61. The molecular formula is C15H26N4O9S. The van der Waals surface area contributed by atoms with Crippen molar-refractivity contribution in [2.24, 2.45) is 5.73 Å². The Morgan fingerprint density at radius 2 is 1.28 bits per heavy atom. The van der Waals surface area contributed by atoms with Gasteiger partial charge in [0.1, 0.15) is 18.1 Å². The van der Waals surface area contributed by atoms with E-state index < -0.39 is 72.5 Å². The smallest absolute Gasteiger partial charge is 0.326 e. The van der Waals surface area contributed by atoms with Gasteiger partial charge in [-0.05, 0) is 13.8 Å². The van der Waals surface area contributed by atoms with E-state index in [9.17, 15) is 34.2 Å². The topological polar surface area (TPSA) is 228 Å². The number of aliphatic hydroxyl groups is 2. The van der Waals surface area contributed by atoms with Gasteiger partial charge in [0.15, 0.2) is 0 Å². The monoisotopic (exact) mass is 438 g/mol. The molecule has 0 bridgehead atoms. The molecule has 0 aromatic carbocycles. The van der Waals surface area contributed by atoms with Gasteiger partial charge in [-0.3, -0.25) is 19.2 Å². The van der Waals surface area contributed by atoms with Gasteiger partial charge < -0.3 is 42.1 Å². The molecule has 0 fully saturated rings. The summed E-state index contributed by atoms with van der Waals surface area (Å²) >= 11 is 3.84. The zero-order valence-corrected chi connectivity index (χ0v) is 16.6. The quantitative estimate of drug-likeness (QED) is 0.134. The van der Waals surface area contributed by atoms with Crippen LogP contribution in [0.3, 0.4) is 0 Å². The summed E-state index contributed by atoms with van der Waals surface area (Å²) in [5, 5.41) is 43.4. The Morgan fingerprint density at radius 3 is 1.62 bits per heavy atom. The van der Waals surface area contributed by atoms with E-state index in [1.54, 1.807) is 0 Å². The molecule has 9 N–H and O–H groups in total. The summed E-state index contributed by atoms with van der Waals surface area (Å²) < 4.78 is 0. The number of carbonyl (C=O) groups excluding carboxylic acids is 3. The molecule has 0 saturated heterocycles. The van der Waals surface area contributed by atoms with E-state index in [0.717, 1.165) is 6.92 Å². The van der Waals surface area contributed by atoms with Crippen LogP contribution in [0, 0.1) is 0 Å². The highest BCUT2D eigenvalue weighted by Crippen LogP contribution is 2.02. The maximum Gasteiger partial charge on any atom is 0.326 e. The third kappa shape index (κ3) is 9.08. The van der Waals surface area contributed by atoms with Crippen molar-refractivity contribution in [3.63, 3.8) is 0 Å². The Hall–Kier alpha value is -2.42. The highest BCUT2D eigenvalue weighted by molar-refractivity contribution is 7.80. The molecule has 0 rings (SSSR count). The molecule has 166 valence electrons. The van der Waals surface area contributed by atoms with Crippen LogP contribution < -0.4 is 21.7 Å². The van der Waals surface area contributed by atoms with Crippen molar-refractivity contribution >= 4 is 42.3 Å². The minimum Gasteiger partial charge on any atom is -0.481 e. The van der Waals surface area contributed by atoms with Crippen molar-refractivity contribution in [2.75, 3.05) is 5.75 Å². The summed E-state index contributed by atoms with van der Waals surface area (Å²) in [5.41, 5.74) is 5.48. The van der Waals surface area contributed by atoms with Gasteiger partial charge in [0, 0.05) is 5.75 Å². The number of aliphatic hydroxyl groups excluding tert-OH is 2. The molecule has 14 heteroatoms. The van der Waals surface area contributed by atoms with Gasteiger partial charge in [-0.1, -0.05) is 0 Å². The standard InChI is InChI=1S/C15H26N4O9S/c1-5(20)10(13(25)17-8(15(27)28)3-9(22)23)19-14(26)11(6(2)21)18-12(24)7(16)4-29/h5-8,10-11,20-21,29H,3-4,16H2,1-2H3,(H,17,25)(H,18,24)(H,19,26)(H,22,23)(H,27,28). The summed E-state index contributed by atoms with van der Waals surface area (Å²) in [4.78, 5) is 58.3. The van der Waals surface area contributed by atoms with Gasteiger partial charge >= 0.3 is 11.9 Å². The number of hydrogen-bond donors (Lipinski definition) is 9. The lowest BCUT2D eigenvalue weighted by Crippen LogP contribution is -2.62. The molecule has 6 atom stereocenters. The summed E-state index contributed by atoms with van der Waals surface area (Å²) in [6, 6.07) is -6.12. The molecule has 6 unspecified atom stereocenters. The molecular weight excluding hydrogens is 412 g/mol. The van der Waals surface area contributed by atoms with Crippen molar-refractivity contribution in [2.45, 2.75) is 56.6 Å². The fourth-order valence-corrected chi connectivity index (χ4v) is 2.20. The zero-order valence-electron chi connectivity index (χ0n) is 15.7. The van der Waals surface area contributed by atoms with Crippen LogP contribution in [-0.2, 0) is 24.0 Å². The van der Waals surface area contributed by atoms with E-state index in [1.165, 1.54) is 6.92 Å². The molecule has 0 aliphatic carbocycles. The van der Waals surface area contributed by atoms with E-state index in [-0.39, 0.29) is 5.75 Å². The van der Waals surface area contributed by atoms with Crippen LogP contribution in [-0.4, -0.2) is 92.2 Å². The first-order valence-electron chi connectivity index (χ1n) is 8.40. The third-order valence-corrected chi connectivity index (χ3v) is 4.05. The lowest BCUT2D eigenvalue weighted by molar-refractivity contribution is -0.148. The van der Waals surface area contributed by atoms with E-state index in [4.69, 9.17) is 15.9 Å². The van der Waals surface area contributed by atoms with Crippen molar-refractivity contribution < 1.29 is 44.4 Å². The Morgan fingerprint density at radius 1 is 0.862 bits per heavy atom. The minimum atomic E-state index is -1.81. The van der Waals surface area contributed by atoms with Crippen LogP contribution in [0.15, 0.2) is 0 Å². The Bertz CT molecular complexity index is 629. The van der Waals surface area contributed by atoms with Gasteiger partial charge in [-0.15, -0.1) is 0 Å². The van der Waals surface area contributed by atoms with Crippen molar-refractivity contribution in [1.29, 1.82) is 0 Å². The molecule has 13 nitrogen and oxygen atoms in total. The van der Waals surface area contributed by atoms with E-state index in [2.05, 4.69) is 23.3 Å². The zero-order chi connectivity index (χ0) is 22.9. The molecule has 0 aliphatic rings. The number of aliphatic carboxylic acids is 2. The van der Waals surface area contributed by atoms with E-state index in [1.807, 2.05) is 5.32 Å². The first-order chi connectivity index (χ1) is 13.3. The summed E-state index contributed by atoms with van der Waals surface area (Å²) in [6.07, 6.45) is -3.87. The summed E-state index contributed by atoms with van der Waals surface area (Å²) in [5.74, 6) is -6.21. The maximum atomic E-state index is 12.4. The number of carboxylic acid groups (broad SMARTS) is 2. The van der Waals surface area contributed by atoms with Crippen LogP contribution in [0.25, 0.3) is 0 Å². The molecule has 0 radical (unpaired) electrons. The molecule has 3 amide bonds. The molecule has 0 heterocycles. The van der Waals surface area contributed by atoms with Crippen LogP contribution in [0.5, 0.6) is 0 Å². The van der Waals surface area contributed by atoms with Crippen molar-refractivity contribution in [3.05, 3.63) is 0 Å². The van der Waals surface area contributed by atoms with Crippen LogP contribution in [0.2, 0.25) is 0 Å². The third-order valence-electron chi connectivity index (χ3n) is 3.65. The van der Waals surface area contributed by atoms with E-state index in [0.29, 0.717) is 0 Å². The van der Waals surface area contributed by atoms with E-state index >= 15 is 0 Å². The minimum absolute atomic E-state index is 0.0428. The SMILES string of the molecule is CC(O)C(NC(=O)C(N)CS)C(=O)NC(C(=O)NC(CC(=O)O)C(=O)O)C(C)O. The second-order valence-electron chi connectivity index (χ2n) is 6.24. The highest BCUT2D eigenvalue weighted by Gasteiger charge is 2.34. The number of nitrogens with one attached hydrogen (secondary N) is 3. The largest absolute Gasteiger partial charge is 0.481 e. The molecule has 0 saturated carbocycles. The Balaban J connectivity index is 5.34. The fourth-order valence-electron chi connectivity index (χ4n) is 2.03. The van der Waals surface area contributed by atoms with Gasteiger partial charge in [-0.25, -0.2) is 4.79 Å². The number of nitrogens with two attached hydrogens (primary N) is 1. The van der Waals surface area contributed by atoms with Gasteiger partial charge in [0.2, 0.25) is 17.7 Å². The molecule has 0 aliphatic heterocycles. The van der Waals surface area contributed by atoms with Crippen LogP contribution >= 0.6 is 12.6 Å². The first-order valence-corrected chi connectivity index (χ1v) is 9.03. The predicted molar refractivity (Wildman–Crippen MR) is 101 cm³/mol. The second kappa shape index (κ2) is 12.2. The Kier molecular flexibility index (Phi) is 11.2. The second-order valence-corrected chi connectivity index (χ2v) is 6.61. The van der Waals surface area contributed by atoms with Gasteiger partial charge in [-0.2, -0.15) is 12.6 Å². The number of rotatable bonds is 12. The molecule has 0 aromatic heterocycles. The highest BCUT2D eigenvalue weighted by atomic mass is 32.1. The van der Waals surface area contributed by atoms with Crippen LogP contribution in [0.1, 0.15) is 20.3 Å². The lowest BCUT2D eigenvalue weighted by atomic mass is 10.1. The first kappa shape index (κ1) is 26.6. The number of carbonyl (C=O) groups is 5. The molecule has 29 heavy (non-hydrogen) atoms. The van der Waals surface area contributed by atoms with Gasteiger partial charge in [0.05, 0.1) is 24.7 Å². The Labute approximate surface area is 171 Å². The molecule has 0 aromatic rings. The van der Waals surface area contributed by atoms with Crippen molar-refractivity contribution in [1.82, 2.24) is 16.0 Å². The number of amides is 3. The number of hydrogen-bond acceptors (Lipinski definition) is 9. The van der Waals surface area contributed by atoms with Crippen LogP contribution in [0.4, 0.5) is 0 Å². The van der Waals surface area contributed by atoms with Gasteiger partial charge in [0.25, 0.3) is 0 Å². The summed E-state index contributed by atoms with van der Waals surface area (Å²) in [6.45, 7) is 2.30. The normalized spacial score (nSPS) is 17.0. The fraction of sp³-hybridized carbons (Fsp3) is 0.667. The molecule has 0 spiro atoms. The predicted octanol–water partition coefficient (Wildman–Crippen LogP) is -3.98. The summed E-state index contributed by atoms with van der Waals surface area (Å²) in [7, 11) is 0. The van der Waals surface area contributed by atoms with Crippen molar-refractivity contribution in [3.8, 4) is 0 Å². The lowest BCUT2D eigenvalue weighted by Gasteiger charge is -2.27. The number of carboxylic acids is 2. The maximum absolute atomic E-state index is 12.4. The average molecular weight is 438 g/mol.